The van der Waals surface area contributed by atoms with Gasteiger partial charge in [-0.15, -0.1) is 0 Å². The number of anilines is 1. The number of amides is 1. The standard InChI is InChI=1S/C33H31FN2O3/c1-21-18-27(34)14-15-28(21)22(2)35-32(37)26-13-16-31-25(19-26)6-5-17-36(31)20-23-9-11-24(12-10-23)29-7-3-4-8-30(29)33(38)39/h3-4,7-16,18-19,22H,5-6,17,20H2,1-2H3,(H,35,37)(H,38,39). The van der Waals surface area contributed by atoms with E-state index in [1.807, 2.05) is 68.4 Å². The van der Waals surface area contributed by atoms with Crippen LogP contribution in [0.4, 0.5) is 10.1 Å². The molecule has 0 bridgehead atoms. The average molecular weight is 523 g/mol. The third kappa shape index (κ3) is 5.70. The van der Waals surface area contributed by atoms with Gasteiger partial charge in [-0.3, -0.25) is 4.79 Å². The fourth-order valence-corrected chi connectivity index (χ4v) is 5.39. The molecule has 4 aromatic rings. The van der Waals surface area contributed by atoms with E-state index in [9.17, 15) is 19.1 Å². The molecule has 1 heterocycles. The number of carboxylic acids is 1. The van der Waals surface area contributed by atoms with Crippen LogP contribution in [0.2, 0.25) is 0 Å². The van der Waals surface area contributed by atoms with Gasteiger partial charge >= 0.3 is 5.97 Å². The van der Waals surface area contributed by atoms with Crippen molar-refractivity contribution in [2.45, 2.75) is 39.3 Å². The number of carbonyl (C=O) groups is 2. The predicted molar refractivity (Wildman–Crippen MR) is 152 cm³/mol. The van der Waals surface area contributed by atoms with Crippen LogP contribution >= 0.6 is 0 Å². The number of hydrogen-bond donors (Lipinski definition) is 2. The van der Waals surface area contributed by atoms with Gasteiger partial charge in [-0.1, -0.05) is 48.5 Å². The minimum atomic E-state index is -0.937. The molecule has 0 aromatic heterocycles. The van der Waals surface area contributed by atoms with Crippen molar-refractivity contribution in [1.82, 2.24) is 5.32 Å². The number of nitrogens with one attached hydrogen (secondary N) is 1. The van der Waals surface area contributed by atoms with Gasteiger partial charge in [0.05, 0.1) is 11.6 Å². The summed E-state index contributed by atoms with van der Waals surface area (Å²) in [6.45, 7) is 5.39. The smallest absolute Gasteiger partial charge is 0.336 e. The fourth-order valence-electron chi connectivity index (χ4n) is 5.39. The maximum absolute atomic E-state index is 13.5. The third-order valence-corrected chi connectivity index (χ3v) is 7.40. The molecule has 0 spiro atoms. The number of carboxylic acid groups (broad SMARTS) is 1. The summed E-state index contributed by atoms with van der Waals surface area (Å²) in [6.07, 6.45) is 1.90. The van der Waals surface area contributed by atoms with Crippen molar-refractivity contribution in [3.63, 3.8) is 0 Å². The summed E-state index contributed by atoms with van der Waals surface area (Å²) in [5.74, 6) is -1.37. The van der Waals surface area contributed by atoms with Crippen molar-refractivity contribution >= 4 is 17.6 Å². The molecule has 0 saturated heterocycles. The summed E-state index contributed by atoms with van der Waals surface area (Å²) < 4.78 is 13.5. The van der Waals surface area contributed by atoms with Gasteiger partial charge in [-0.05, 0) is 96.5 Å². The lowest BCUT2D eigenvalue weighted by Gasteiger charge is -2.32. The molecule has 0 fully saturated rings. The molecule has 1 aliphatic heterocycles. The topological polar surface area (TPSA) is 69.6 Å². The molecule has 1 aliphatic rings. The van der Waals surface area contributed by atoms with Gasteiger partial charge in [0.25, 0.3) is 5.91 Å². The van der Waals surface area contributed by atoms with Gasteiger partial charge in [0.15, 0.2) is 0 Å². The second kappa shape index (κ2) is 11.1. The SMILES string of the molecule is Cc1cc(F)ccc1C(C)NC(=O)c1ccc2c(c1)CCCN2Cc1ccc(-c2ccccc2C(=O)O)cc1. The predicted octanol–water partition coefficient (Wildman–Crippen LogP) is 6.94. The van der Waals surface area contributed by atoms with E-state index in [0.29, 0.717) is 11.1 Å². The monoisotopic (exact) mass is 522 g/mol. The molecular formula is C33H31FN2O3. The molecule has 39 heavy (non-hydrogen) atoms. The van der Waals surface area contributed by atoms with Crippen LogP contribution in [0.15, 0.2) is 84.9 Å². The van der Waals surface area contributed by atoms with E-state index >= 15 is 0 Å². The Balaban J connectivity index is 1.29. The Morgan fingerprint density at radius 2 is 1.77 bits per heavy atom. The van der Waals surface area contributed by atoms with E-state index in [-0.39, 0.29) is 23.3 Å². The normalized spacial score (nSPS) is 13.5. The number of carbonyl (C=O) groups excluding carboxylic acids is 1. The highest BCUT2D eigenvalue weighted by Gasteiger charge is 2.20. The van der Waals surface area contributed by atoms with Crippen LogP contribution in [0, 0.1) is 12.7 Å². The lowest BCUT2D eigenvalue weighted by Crippen LogP contribution is -2.30. The van der Waals surface area contributed by atoms with Crippen molar-refractivity contribution in [3.8, 4) is 11.1 Å². The van der Waals surface area contributed by atoms with Crippen LogP contribution < -0.4 is 10.2 Å². The molecular weight excluding hydrogens is 491 g/mol. The van der Waals surface area contributed by atoms with E-state index in [2.05, 4.69) is 10.2 Å². The maximum Gasteiger partial charge on any atom is 0.336 e. The quantitative estimate of drug-likeness (QED) is 0.276. The van der Waals surface area contributed by atoms with Crippen molar-refractivity contribution in [2.24, 2.45) is 0 Å². The zero-order chi connectivity index (χ0) is 27.5. The minimum Gasteiger partial charge on any atom is -0.478 e. The Hall–Kier alpha value is -4.45. The summed E-state index contributed by atoms with van der Waals surface area (Å²) in [6, 6.07) is 25.3. The summed E-state index contributed by atoms with van der Waals surface area (Å²) in [5.41, 5.74) is 7.58. The van der Waals surface area contributed by atoms with Crippen molar-refractivity contribution in [2.75, 3.05) is 11.4 Å². The first-order chi connectivity index (χ1) is 18.8. The number of benzene rings is 4. The highest BCUT2D eigenvalue weighted by Crippen LogP contribution is 2.31. The first-order valence-electron chi connectivity index (χ1n) is 13.2. The molecule has 0 radical (unpaired) electrons. The lowest BCUT2D eigenvalue weighted by atomic mass is 9.96. The van der Waals surface area contributed by atoms with E-state index in [0.717, 1.165) is 59.4 Å². The van der Waals surface area contributed by atoms with Crippen LogP contribution in [-0.4, -0.2) is 23.5 Å². The molecule has 5 nitrogen and oxygen atoms in total. The number of aromatic carboxylic acids is 1. The second-order valence-corrected chi connectivity index (χ2v) is 10.1. The Morgan fingerprint density at radius 1 is 1.00 bits per heavy atom. The molecule has 1 atom stereocenters. The molecule has 0 aliphatic carbocycles. The average Bonchev–Trinajstić information content (AvgIpc) is 2.93. The molecule has 0 saturated carbocycles. The van der Waals surface area contributed by atoms with Crippen LogP contribution in [0.25, 0.3) is 11.1 Å². The van der Waals surface area contributed by atoms with E-state index in [1.165, 1.54) is 12.1 Å². The molecule has 6 heteroatoms. The van der Waals surface area contributed by atoms with E-state index in [1.54, 1.807) is 18.2 Å². The maximum atomic E-state index is 13.5. The molecule has 2 N–H and O–H groups in total. The van der Waals surface area contributed by atoms with Crippen molar-refractivity contribution < 1.29 is 19.1 Å². The summed E-state index contributed by atoms with van der Waals surface area (Å²) >= 11 is 0. The first kappa shape index (κ1) is 26.2. The largest absolute Gasteiger partial charge is 0.478 e. The van der Waals surface area contributed by atoms with Crippen LogP contribution in [0.3, 0.4) is 0 Å². The molecule has 198 valence electrons. The lowest BCUT2D eigenvalue weighted by molar-refractivity contribution is 0.0697. The zero-order valence-electron chi connectivity index (χ0n) is 22.1. The number of fused-ring (bicyclic) bond motifs is 1. The molecule has 1 amide bonds. The Bertz CT molecular complexity index is 1530. The Morgan fingerprint density at radius 3 is 2.51 bits per heavy atom. The molecule has 5 rings (SSSR count). The van der Waals surface area contributed by atoms with Gasteiger partial charge in [0.1, 0.15) is 5.82 Å². The second-order valence-electron chi connectivity index (χ2n) is 10.1. The van der Waals surface area contributed by atoms with Crippen molar-refractivity contribution in [3.05, 3.63) is 124 Å². The van der Waals surface area contributed by atoms with E-state index in [4.69, 9.17) is 0 Å². The number of hydrogen-bond acceptors (Lipinski definition) is 3. The molecule has 4 aromatic carbocycles. The van der Waals surface area contributed by atoms with Gasteiger partial charge in [-0.2, -0.15) is 0 Å². The number of aryl methyl sites for hydroxylation is 2. The number of halogens is 1. The van der Waals surface area contributed by atoms with Crippen molar-refractivity contribution in [1.29, 1.82) is 0 Å². The van der Waals surface area contributed by atoms with E-state index < -0.39 is 5.97 Å². The number of rotatable bonds is 7. The summed E-state index contributed by atoms with van der Waals surface area (Å²) in [7, 11) is 0. The minimum absolute atomic E-state index is 0.150. The molecule has 1 unspecified atom stereocenters. The van der Waals surface area contributed by atoms with Crippen LogP contribution in [-0.2, 0) is 13.0 Å². The summed E-state index contributed by atoms with van der Waals surface area (Å²) in [5, 5.41) is 12.6. The number of nitrogens with zero attached hydrogens (tertiary/aromatic N) is 1. The van der Waals surface area contributed by atoms with Crippen LogP contribution in [0.1, 0.15) is 62.4 Å². The summed E-state index contributed by atoms with van der Waals surface area (Å²) in [4.78, 5) is 27.0. The third-order valence-electron chi connectivity index (χ3n) is 7.40. The Kier molecular flexibility index (Phi) is 7.46. The van der Waals surface area contributed by atoms with Gasteiger partial charge in [-0.25, -0.2) is 9.18 Å². The fraction of sp³-hybridized carbons (Fsp3) is 0.212. The van der Waals surface area contributed by atoms with Gasteiger partial charge in [0.2, 0.25) is 0 Å². The Labute approximate surface area is 227 Å². The first-order valence-corrected chi connectivity index (χ1v) is 13.2. The van der Waals surface area contributed by atoms with Gasteiger partial charge < -0.3 is 15.3 Å². The van der Waals surface area contributed by atoms with Crippen LogP contribution in [0.5, 0.6) is 0 Å². The zero-order valence-corrected chi connectivity index (χ0v) is 22.1. The highest BCUT2D eigenvalue weighted by atomic mass is 19.1. The van der Waals surface area contributed by atoms with Gasteiger partial charge in [0, 0.05) is 24.3 Å². The highest BCUT2D eigenvalue weighted by molar-refractivity contribution is 5.96.